The fourth-order valence-corrected chi connectivity index (χ4v) is 3.90. The Morgan fingerprint density at radius 2 is 2.18 bits per heavy atom. The maximum atomic E-state index is 12.1. The zero-order chi connectivity index (χ0) is 16.5. The number of anilines is 1. The number of nitrogens with zero attached hydrogens (tertiary/aromatic N) is 1. The molecule has 0 saturated carbocycles. The number of hydrogen-bond donors (Lipinski definition) is 1. The van der Waals surface area contributed by atoms with Gasteiger partial charge in [0.25, 0.3) is 0 Å². The molecule has 7 nitrogen and oxygen atoms in total. The number of halogens is 1. The Morgan fingerprint density at radius 3 is 2.73 bits per heavy atom. The number of sulfonamides is 1. The maximum absolute atomic E-state index is 12.1. The molecule has 9 heteroatoms. The van der Waals surface area contributed by atoms with Crippen molar-refractivity contribution in [1.82, 2.24) is 0 Å². The molecule has 2 rings (SSSR count). The van der Waals surface area contributed by atoms with E-state index in [2.05, 4.69) is 20.7 Å². The highest BCUT2D eigenvalue weighted by molar-refractivity contribution is 9.10. The summed E-state index contributed by atoms with van der Waals surface area (Å²) in [6, 6.07) is 4.72. The molecule has 1 atom stereocenters. The first-order valence-corrected chi connectivity index (χ1v) is 8.91. The predicted molar refractivity (Wildman–Crippen MR) is 83.9 cm³/mol. The highest BCUT2D eigenvalue weighted by Crippen LogP contribution is 2.32. The van der Waals surface area contributed by atoms with E-state index in [4.69, 9.17) is 5.14 Å². The summed E-state index contributed by atoms with van der Waals surface area (Å²) in [5.41, 5.74) is 0.931. The smallest absolute Gasteiger partial charge is 0.337 e. The molecule has 1 aromatic rings. The van der Waals surface area contributed by atoms with Crippen LogP contribution < -0.4 is 10.0 Å². The summed E-state index contributed by atoms with van der Waals surface area (Å²) in [6.45, 7) is 0.269. The van der Waals surface area contributed by atoms with E-state index in [0.717, 1.165) is 0 Å². The number of primary sulfonamides is 1. The van der Waals surface area contributed by atoms with Crippen LogP contribution in [0.3, 0.4) is 0 Å². The van der Waals surface area contributed by atoms with E-state index >= 15 is 0 Å². The van der Waals surface area contributed by atoms with Gasteiger partial charge in [0.15, 0.2) is 0 Å². The number of esters is 1. The van der Waals surface area contributed by atoms with Crippen LogP contribution in [0.25, 0.3) is 0 Å². The first kappa shape index (κ1) is 16.9. The first-order valence-electron chi connectivity index (χ1n) is 6.40. The molecule has 0 radical (unpaired) electrons. The Hall–Kier alpha value is -1.45. The normalized spacial score (nSPS) is 18.6. The lowest BCUT2D eigenvalue weighted by molar-refractivity contribution is -0.117. The lowest BCUT2D eigenvalue weighted by Gasteiger charge is -2.18. The second kappa shape index (κ2) is 6.35. The number of carbonyl (C=O) groups excluding carboxylic acids is 2. The van der Waals surface area contributed by atoms with E-state index in [0.29, 0.717) is 15.7 Å². The molecule has 1 amide bonds. The Bertz CT molecular complexity index is 719. The molecule has 0 aliphatic carbocycles. The molecule has 1 unspecified atom stereocenters. The van der Waals surface area contributed by atoms with Crippen LogP contribution in [0.5, 0.6) is 0 Å². The molecular weight excluding hydrogens is 376 g/mol. The van der Waals surface area contributed by atoms with Crippen molar-refractivity contribution in [2.75, 3.05) is 24.3 Å². The van der Waals surface area contributed by atoms with Gasteiger partial charge in [-0.3, -0.25) is 4.79 Å². The highest BCUT2D eigenvalue weighted by atomic mass is 79.9. The van der Waals surface area contributed by atoms with Crippen molar-refractivity contribution in [3.63, 3.8) is 0 Å². The summed E-state index contributed by atoms with van der Waals surface area (Å²) in [6.07, 6.45) is 0.127. The molecule has 1 aromatic carbocycles. The number of carbonyl (C=O) groups is 2. The number of benzene rings is 1. The minimum Gasteiger partial charge on any atom is -0.465 e. The lowest BCUT2D eigenvalue weighted by Crippen LogP contribution is -2.27. The summed E-state index contributed by atoms with van der Waals surface area (Å²) < 4.78 is 27.5. The third-order valence-corrected chi connectivity index (χ3v) is 4.90. The summed E-state index contributed by atoms with van der Waals surface area (Å²) in [5, 5.41) is 5.02. The van der Waals surface area contributed by atoms with E-state index in [9.17, 15) is 18.0 Å². The standard InChI is InChI=1S/C13H15BrN2O5S/c1-21-13(18)9-2-3-11(10(14)5-9)16-6-8(4-12(16)17)7-22(15,19)20/h2-3,5,8H,4,6-7H2,1H3,(H2,15,19,20). The van der Waals surface area contributed by atoms with Crippen molar-refractivity contribution in [3.05, 3.63) is 28.2 Å². The van der Waals surface area contributed by atoms with Crippen LogP contribution in [0.2, 0.25) is 0 Å². The van der Waals surface area contributed by atoms with Crippen LogP contribution >= 0.6 is 15.9 Å². The number of amides is 1. The molecule has 0 bridgehead atoms. The molecule has 1 aliphatic rings. The topological polar surface area (TPSA) is 107 Å². The van der Waals surface area contributed by atoms with E-state index in [1.165, 1.54) is 12.0 Å². The van der Waals surface area contributed by atoms with Gasteiger partial charge in [0.05, 0.1) is 24.1 Å². The Balaban J connectivity index is 2.22. The van der Waals surface area contributed by atoms with Gasteiger partial charge < -0.3 is 9.64 Å². The summed E-state index contributed by atoms with van der Waals surface area (Å²) in [7, 11) is -2.34. The predicted octanol–water partition coefficient (Wildman–Crippen LogP) is 0.877. The minimum absolute atomic E-state index is 0.127. The van der Waals surface area contributed by atoms with Crippen molar-refractivity contribution in [2.45, 2.75) is 6.42 Å². The monoisotopic (exact) mass is 390 g/mol. The number of hydrogen-bond acceptors (Lipinski definition) is 5. The summed E-state index contributed by atoms with van der Waals surface area (Å²) in [4.78, 5) is 25.0. The zero-order valence-corrected chi connectivity index (χ0v) is 14.2. The fraction of sp³-hybridized carbons (Fsp3) is 0.385. The maximum Gasteiger partial charge on any atom is 0.337 e. The zero-order valence-electron chi connectivity index (χ0n) is 11.8. The average Bonchev–Trinajstić information content (AvgIpc) is 2.76. The van der Waals surface area contributed by atoms with Crippen molar-refractivity contribution in [3.8, 4) is 0 Å². The Kier molecular flexibility index (Phi) is 4.88. The van der Waals surface area contributed by atoms with Crippen molar-refractivity contribution in [1.29, 1.82) is 0 Å². The van der Waals surface area contributed by atoms with E-state index in [-0.39, 0.29) is 30.5 Å². The van der Waals surface area contributed by atoms with Gasteiger partial charge >= 0.3 is 5.97 Å². The molecule has 1 saturated heterocycles. The van der Waals surface area contributed by atoms with Crippen LogP contribution in [0.1, 0.15) is 16.8 Å². The third kappa shape index (κ3) is 3.84. The van der Waals surface area contributed by atoms with Crippen LogP contribution in [0, 0.1) is 5.92 Å². The molecule has 2 N–H and O–H groups in total. The summed E-state index contributed by atoms with van der Waals surface area (Å²) >= 11 is 3.32. The Labute approximate surface area is 136 Å². The largest absolute Gasteiger partial charge is 0.465 e. The second-order valence-corrected chi connectivity index (χ2v) is 7.58. The molecule has 0 aromatic heterocycles. The van der Waals surface area contributed by atoms with Gasteiger partial charge in [0.1, 0.15) is 0 Å². The van der Waals surface area contributed by atoms with Gasteiger partial charge in [-0.25, -0.2) is 18.4 Å². The molecule has 1 fully saturated rings. The van der Waals surface area contributed by atoms with Crippen LogP contribution in [-0.4, -0.2) is 39.7 Å². The second-order valence-electron chi connectivity index (χ2n) is 5.06. The van der Waals surface area contributed by atoms with Crippen LogP contribution in [0.15, 0.2) is 22.7 Å². The van der Waals surface area contributed by atoms with Crippen molar-refractivity contribution >= 4 is 43.5 Å². The molecular formula is C13H15BrN2O5S. The van der Waals surface area contributed by atoms with Gasteiger partial charge in [-0.1, -0.05) is 0 Å². The number of methoxy groups -OCH3 is 1. The van der Waals surface area contributed by atoms with Crippen LogP contribution in [0.4, 0.5) is 5.69 Å². The van der Waals surface area contributed by atoms with E-state index in [1.54, 1.807) is 18.2 Å². The third-order valence-electron chi connectivity index (χ3n) is 3.33. The summed E-state index contributed by atoms with van der Waals surface area (Å²) in [5.74, 6) is -1.23. The quantitative estimate of drug-likeness (QED) is 0.767. The average molecular weight is 391 g/mol. The highest BCUT2D eigenvalue weighted by Gasteiger charge is 2.33. The van der Waals surface area contributed by atoms with Gasteiger partial charge in [-0.15, -0.1) is 0 Å². The number of rotatable bonds is 4. The van der Waals surface area contributed by atoms with Gasteiger partial charge in [-0.05, 0) is 34.1 Å². The molecule has 22 heavy (non-hydrogen) atoms. The fourth-order valence-electron chi connectivity index (χ4n) is 2.43. The SMILES string of the molecule is COC(=O)c1ccc(N2CC(CS(N)(=O)=O)CC2=O)c(Br)c1. The molecule has 0 spiro atoms. The minimum atomic E-state index is -3.62. The Morgan fingerprint density at radius 1 is 1.50 bits per heavy atom. The molecule has 1 heterocycles. The van der Waals surface area contributed by atoms with E-state index in [1.807, 2.05) is 0 Å². The van der Waals surface area contributed by atoms with Gasteiger partial charge in [0, 0.05) is 23.4 Å². The van der Waals surface area contributed by atoms with Crippen molar-refractivity contribution < 1.29 is 22.7 Å². The van der Waals surface area contributed by atoms with E-state index < -0.39 is 16.0 Å². The van der Waals surface area contributed by atoms with Gasteiger partial charge in [0.2, 0.25) is 15.9 Å². The first-order chi connectivity index (χ1) is 10.2. The lowest BCUT2D eigenvalue weighted by atomic mass is 10.1. The molecule has 1 aliphatic heterocycles. The van der Waals surface area contributed by atoms with Crippen molar-refractivity contribution in [2.24, 2.45) is 11.1 Å². The van der Waals surface area contributed by atoms with Gasteiger partial charge in [-0.2, -0.15) is 0 Å². The molecule has 120 valence electrons. The van der Waals surface area contributed by atoms with Crippen LogP contribution in [-0.2, 0) is 19.6 Å². The number of nitrogens with two attached hydrogens (primary N) is 1. The number of ether oxygens (including phenoxy) is 1.